The van der Waals surface area contributed by atoms with Gasteiger partial charge in [-0.15, -0.1) is 15.3 Å². The first-order valence-electron chi connectivity index (χ1n) is 6.60. The summed E-state index contributed by atoms with van der Waals surface area (Å²) in [5.74, 6) is 0.676. The van der Waals surface area contributed by atoms with E-state index in [1.165, 1.54) is 11.3 Å². The van der Waals surface area contributed by atoms with Gasteiger partial charge in [-0.25, -0.2) is 0 Å². The van der Waals surface area contributed by atoms with E-state index in [4.69, 9.17) is 11.6 Å². The van der Waals surface area contributed by atoms with Crippen molar-refractivity contribution >= 4 is 38.7 Å². The second kappa shape index (κ2) is 5.40. The number of anilines is 2. The van der Waals surface area contributed by atoms with Crippen molar-refractivity contribution in [2.24, 2.45) is 0 Å². The first kappa shape index (κ1) is 13.2. The van der Waals surface area contributed by atoms with Crippen LogP contribution in [0.3, 0.4) is 0 Å². The SMILES string of the molecule is Clc1cccc(-c2nnc3sc(Nc4ccccc4)nn23)c1. The van der Waals surface area contributed by atoms with Crippen LogP contribution in [0.15, 0.2) is 54.6 Å². The quantitative estimate of drug-likeness (QED) is 0.611. The zero-order valence-corrected chi connectivity index (χ0v) is 12.8. The van der Waals surface area contributed by atoms with Crippen LogP contribution < -0.4 is 5.32 Å². The summed E-state index contributed by atoms with van der Waals surface area (Å²) in [7, 11) is 0. The lowest BCUT2D eigenvalue weighted by molar-refractivity contribution is 0.970. The number of hydrogen-bond donors (Lipinski definition) is 1. The van der Waals surface area contributed by atoms with Gasteiger partial charge in [-0.2, -0.15) is 4.52 Å². The Labute approximate surface area is 135 Å². The van der Waals surface area contributed by atoms with Crippen LogP contribution in [0.25, 0.3) is 16.3 Å². The van der Waals surface area contributed by atoms with Crippen LogP contribution in [0, 0.1) is 0 Å². The number of aromatic nitrogens is 4. The van der Waals surface area contributed by atoms with Gasteiger partial charge in [-0.1, -0.05) is 53.3 Å². The first-order valence-corrected chi connectivity index (χ1v) is 7.79. The number of nitrogens with one attached hydrogen (secondary N) is 1. The van der Waals surface area contributed by atoms with Crippen LogP contribution in [-0.4, -0.2) is 19.8 Å². The third kappa shape index (κ3) is 2.43. The molecule has 0 saturated heterocycles. The van der Waals surface area contributed by atoms with Gasteiger partial charge in [0.15, 0.2) is 5.82 Å². The van der Waals surface area contributed by atoms with E-state index in [1.807, 2.05) is 54.6 Å². The Kier molecular flexibility index (Phi) is 3.25. The fraction of sp³-hybridized carbons (Fsp3) is 0. The third-order valence-corrected chi connectivity index (χ3v) is 4.15. The number of para-hydroxylation sites is 1. The molecule has 108 valence electrons. The minimum atomic E-state index is 0.659. The molecule has 0 atom stereocenters. The van der Waals surface area contributed by atoms with E-state index in [0.29, 0.717) is 10.8 Å². The van der Waals surface area contributed by atoms with Crippen LogP contribution in [-0.2, 0) is 0 Å². The highest BCUT2D eigenvalue weighted by atomic mass is 35.5. The Balaban J connectivity index is 1.73. The van der Waals surface area contributed by atoms with Gasteiger partial charge in [0.1, 0.15) is 0 Å². The molecule has 5 nitrogen and oxygen atoms in total. The van der Waals surface area contributed by atoms with Gasteiger partial charge in [-0.05, 0) is 24.3 Å². The summed E-state index contributed by atoms with van der Waals surface area (Å²) < 4.78 is 1.72. The van der Waals surface area contributed by atoms with Crippen molar-refractivity contribution in [3.8, 4) is 11.4 Å². The van der Waals surface area contributed by atoms with Gasteiger partial charge in [0, 0.05) is 16.3 Å². The van der Waals surface area contributed by atoms with Crippen molar-refractivity contribution in [2.75, 3.05) is 5.32 Å². The maximum Gasteiger partial charge on any atom is 0.236 e. The molecular formula is C15H10ClN5S. The van der Waals surface area contributed by atoms with Crippen molar-refractivity contribution in [2.45, 2.75) is 0 Å². The number of fused-ring (bicyclic) bond motifs is 1. The molecular weight excluding hydrogens is 318 g/mol. The van der Waals surface area contributed by atoms with Gasteiger partial charge in [-0.3, -0.25) is 0 Å². The Morgan fingerprint density at radius 1 is 1.00 bits per heavy atom. The van der Waals surface area contributed by atoms with Gasteiger partial charge < -0.3 is 5.32 Å². The lowest BCUT2D eigenvalue weighted by Gasteiger charge is -2.00. The highest BCUT2D eigenvalue weighted by Crippen LogP contribution is 2.27. The average molecular weight is 328 g/mol. The minimum absolute atomic E-state index is 0.659. The molecule has 0 aliphatic rings. The first-order chi connectivity index (χ1) is 10.8. The van der Waals surface area contributed by atoms with E-state index in [2.05, 4.69) is 20.6 Å². The lowest BCUT2D eigenvalue weighted by atomic mass is 10.2. The van der Waals surface area contributed by atoms with Crippen molar-refractivity contribution in [3.05, 3.63) is 59.6 Å². The predicted octanol–water partition coefficient (Wildman–Crippen LogP) is 4.25. The summed E-state index contributed by atoms with van der Waals surface area (Å²) in [6, 6.07) is 17.4. The van der Waals surface area contributed by atoms with Crippen molar-refractivity contribution in [1.29, 1.82) is 0 Å². The molecule has 0 spiro atoms. The smallest absolute Gasteiger partial charge is 0.236 e. The summed E-state index contributed by atoms with van der Waals surface area (Å²) in [4.78, 5) is 0.730. The van der Waals surface area contributed by atoms with Crippen LogP contribution in [0.2, 0.25) is 5.02 Å². The molecule has 0 aliphatic carbocycles. The van der Waals surface area contributed by atoms with Crippen LogP contribution >= 0.6 is 22.9 Å². The Morgan fingerprint density at radius 3 is 2.68 bits per heavy atom. The van der Waals surface area contributed by atoms with Crippen LogP contribution in [0.5, 0.6) is 0 Å². The topological polar surface area (TPSA) is 55.1 Å². The molecule has 0 bridgehead atoms. The molecule has 0 radical (unpaired) electrons. The fourth-order valence-electron chi connectivity index (χ4n) is 2.12. The molecule has 7 heteroatoms. The molecule has 0 saturated carbocycles. The third-order valence-electron chi connectivity index (χ3n) is 3.10. The van der Waals surface area contributed by atoms with Gasteiger partial charge in [0.2, 0.25) is 10.1 Å². The molecule has 2 aromatic heterocycles. The highest BCUT2D eigenvalue weighted by Gasteiger charge is 2.13. The maximum absolute atomic E-state index is 6.04. The van der Waals surface area contributed by atoms with Gasteiger partial charge in [0.25, 0.3) is 0 Å². The molecule has 4 rings (SSSR count). The molecule has 4 aromatic rings. The molecule has 0 aliphatic heterocycles. The molecule has 0 unspecified atom stereocenters. The Morgan fingerprint density at radius 2 is 1.86 bits per heavy atom. The van der Waals surface area contributed by atoms with E-state index >= 15 is 0 Å². The van der Waals surface area contributed by atoms with Gasteiger partial charge in [0.05, 0.1) is 0 Å². The van der Waals surface area contributed by atoms with E-state index < -0.39 is 0 Å². The largest absolute Gasteiger partial charge is 0.330 e. The zero-order chi connectivity index (χ0) is 14.9. The molecule has 22 heavy (non-hydrogen) atoms. The summed E-state index contributed by atoms with van der Waals surface area (Å²) in [5, 5.41) is 17.6. The minimum Gasteiger partial charge on any atom is -0.330 e. The number of benzene rings is 2. The van der Waals surface area contributed by atoms with E-state index in [1.54, 1.807) is 4.52 Å². The van der Waals surface area contributed by atoms with Crippen molar-refractivity contribution in [3.63, 3.8) is 0 Å². The molecule has 0 fully saturated rings. The van der Waals surface area contributed by atoms with E-state index in [0.717, 1.165) is 21.3 Å². The van der Waals surface area contributed by atoms with E-state index in [9.17, 15) is 0 Å². The number of rotatable bonds is 3. The molecule has 2 heterocycles. The zero-order valence-electron chi connectivity index (χ0n) is 11.3. The second-order valence-electron chi connectivity index (χ2n) is 4.63. The van der Waals surface area contributed by atoms with Crippen LogP contribution in [0.4, 0.5) is 10.8 Å². The molecule has 2 aromatic carbocycles. The summed E-state index contributed by atoms with van der Waals surface area (Å²) in [5.41, 5.74) is 1.87. The number of nitrogens with zero attached hydrogens (tertiary/aromatic N) is 4. The highest BCUT2D eigenvalue weighted by molar-refractivity contribution is 7.20. The summed E-state index contributed by atoms with van der Waals surface area (Å²) >= 11 is 7.48. The average Bonchev–Trinajstić information content (AvgIpc) is 3.08. The Hall–Kier alpha value is -2.44. The van der Waals surface area contributed by atoms with Crippen LogP contribution in [0.1, 0.15) is 0 Å². The normalized spacial score (nSPS) is 11.0. The predicted molar refractivity (Wildman–Crippen MR) is 88.8 cm³/mol. The number of halogens is 1. The second-order valence-corrected chi connectivity index (χ2v) is 6.02. The monoisotopic (exact) mass is 327 g/mol. The van der Waals surface area contributed by atoms with Crippen molar-refractivity contribution in [1.82, 2.24) is 19.8 Å². The summed E-state index contributed by atoms with van der Waals surface area (Å²) in [6.07, 6.45) is 0. The fourth-order valence-corrected chi connectivity index (χ4v) is 3.07. The van der Waals surface area contributed by atoms with E-state index in [-0.39, 0.29) is 0 Å². The van der Waals surface area contributed by atoms with Gasteiger partial charge >= 0.3 is 0 Å². The Bertz CT molecular complexity index is 931. The standard InChI is InChI=1S/C15H10ClN5S/c16-11-6-4-5-10(9-11)13-18-19-15-21(13)20-14(22-15)17-12-7-2-1-3-8-12/h1-9H,(H,17,20). The molecule has 0 amide bonds. The molecule has 1 N–H and O–H groups in total. The van der Waals surface area contributed by atoms with Crippen molar-refractivity contribution < 1.29 is 0 Å². The lowest BCUT2D eigenvalue weighted by Crippen LogP contribution is -1.93. The number of hydrogen-bond acceptors (Lipinski definition) is 5. The summed E-state index contributed by atoms with van der Waals surface area (Å²) in [6.45, 7) is 0. The maximum atomic E-state index is 6.04.